The lowest BCUT2D eigenvalue weighted by Crippen LogP contribution is -2.29. The van der Waals surface area contributed by atoms with Gasteiger partial charge in [-0.25, -0.2) is 0 Å². The van der Waals surface area contributed by atoms with Crippen LogP contribution in [0.3, 0.4) is 0 Å². The number of rotatable bonds is 2. The van der Waals surface area contributed by atoms with Gasteiger partial charge in [0, 0.05) is 19.3 Å². The van der Waals surface area contributed by atoms with Gasteiger partial charge in [0.15, 0.2) is 0 Å². The highest BCUT2D eigenvalue weighted by Gasteiger charge is 2.18. The summed E-state index contributed by atoms with van der Waals surface area (Å²) in [4.78, 5) is 2.38. The molecule has 1 atom stereocenters. The van der Waals surface area contributed by atoms with E-state index in [0.717, 1.165) is 5.92 Å². The van der Waals surface area contributed by atoms with Crippen molar-refractivity contribution in [2.45, 2.75) is 47.5 Å². The van der Waals surface area contributed by atoms with E-state index in [4.69, 9.17) is 0 Å². The Labute approximate surface area is 95.9 Å². The summed E-state index contributed by atoms with van der Waals surface area (Å²) < 4.78 is 0. The Bertz CT molecular complexity index is 225. The van der Waals surface area contributed by atoms with Crippen molar-refractivity contribution in [2.24, 2.45) is 5.92 Å². The Morgan fingerprint density at radius 3 is 2.47 bits per heavy atom. The normalized spacial score (nSPS) is 21.7. The zero-order valence-corrected chi connectivity index (χ0v) is 11.3. The van der Waals surface area contributed by atoms with Gasteiger partial charge in [-0.2, -0.15) is 0 Å². The molecule has 0 saturated heterocycles. The van der Waals surface area contributed by atoms with Crippen LogP contribution in [0.1, 0.15) is 47.5 Å². The molecular weight excluding hydrogens is 182 g/mol. The molecule has 0 bridgehead atoms. The molecule has 0 spiro atoms. The van der Waals surface area contributed by atoms with E-state index in [9.17, 15) is 0 Å². The number of hydrogen-bond acceptors (Lipinski definition) is 1. The number of hydrogen-bond donors (Lipinski definition) is 0. The summed E-state index contributed by atoms with van der Waals surface area (Å²) in [7, 11) is 2.20. The molecule has 1 aliphatic rings. The molecule has 1 heterocycles. The van der Waals surface area contributed by atoms with Crippen LogP contribution in [0.2, 0.25) is 0 Å². The first kappa shape index (κ1) is 14.3. The number of nitrogens with zero attached hydrogens (tertiary/aromatic N) is 1. The Morgan fingerprint density at radius 1 is 1.40 bits per heavy atom. The predicted molar refractivity (Wildman–Crippen MR) is 69.9 cm³/mol. The van der Waals surface area contributed by atoms with Gasteiger partial charge in [-0.1, -0.05) is 33.8 Å². The highest BCUT2D eigenvalue weighted by atomic mass is 15.1. The Hall–Kier alpha value is -0.720. The monoisotopic (exact) mass is 209 g/mol. The second-order valence-electron chi connectivity index (χ2n) is 4.03. The Morgan fingerprint density at radius 2 is 2.00 bits per heavy atom. The zero-order chi connectivity index (χ0) is 11.8. The summed E-state index contributed by atoms with van der Waals surface area (Å²) in [6.07, 6.45) is 6.84. The molecule has 0 fully saturated rings. The molecule has 0 N–H and O–H groups in total. The van der Waals surface area contributed by atoms with Crippen molar-refractivity contribution < 1.29 is 0 Å². The first-order valence-corrected chi connectivity index (χ1v) is 6.24. The maximum Gasteiger partial charge on any atom is 0.0352 e. The van der Waals surface area contributed by atoms with Gasteiger partial charge >= 0.3 is 0 Å². The third-order valence-corrected chi connectivity index (χ3v) is 2.71. The van der Waals surface area contributed by atoms with Crippen LogP contribution in [-0.2, 0) is 0 Å². The van der Waals surface area contributed by atoms with Gasteiger partial charge in [0.2, 0.25) is 0 Å². The molecule has 88 valence electrons. The fourth-order valence-electron chi connectivity index (χ4n) is 2.15. The molecular formula is C14H27N. The summed E-state index contributed by atoms with van der Waals surface area (Å²) in [5.74, 6) is 0.814. The highest BCUT2D eigenvalue weighted by Crippen LogP contribution is 2.27. The lowest BCUT2D eigenvalue weighted by Gasteiger charge is -2.32. The molecule has 0 aliphatic carbocycles. The Kier molecular flexibility index (Phi) is 7.19. The molecule has 1 aliphatic heterocycles. The number of likely N-dealkylation sites (N-methyl/N-ethyl adjacent to an activating group) is 1. The summed E-state index contributed by atoms with van der Waals surface area (Å²) in [5.41, 5.74) is 3.06. The first-order valence-electron chi connectivity index (χ1n) is 6.24. The van der Waals surface area contributed by atoms with Crippen molar-refractivity contribution in [3.8, 4) is 0 Å². The minimum atomic E-state index is 0.814. The smallest absolute Gasteiger partial charge is 0.0352 e. The predicted octanol–water partition coefficient (Wildman–Crippen LogP) is 4.22. The quantitative estimate of drug-likeness (QED) is 0.658. The molecule has 1 heteroatoms. The molecule has 0 radical (unpaired) electrons. The van der Waals surface area contributed by atoms with Gasteiger partial charge in [0.1, 0.15) is 0 Å². The molecule has 0 aromatic carbocycles. The number of allylic oxidation sites excluding steroid dienone is 3. The van der Waals surface area contributed by atoms with Gasteiger partial charge in [-0.05, 0) is 37.3 Å². The molecule has 1 unspecified atom stereocenters. The average molecular weight is 209 g/mol. The second-order valence-corrected chi connectivity index (χ2v) is 4.03. The van der Waals surface area contributed by atoms with Crippen LogP contribution in [0.25, 0.3) is 0 Å². The minimum absolute atomic E-state index is 0.814. The average Bonchev–Trinajstić information content (AvgIpc) is 2.24. The van der Waals surface area contributed by atoms with Gasteiger partial charge in [-0.15, -0.1) is 0 Å². The molecule has 1 nitrogen and oxygen atoms in total. The van der Waals surface area contributed by atoms with Crippen molar-refractivity contribution in [2.75, 3.05) is 13.6 Å². The summed E-state index contributed by atoms with van der Waals surface area (Å²) >= 11 is 0. The van der Waals surface area contributed by atoms with Crippen LogP contribution in [-0.4, -0.2) is 18.5 Å². The second kappa shape index (κ2) is 7.56. The van der Waals surface area contributed by atoms with Crippen LogP contribution < -0.4 is 0 Å². The molecule has 0 aromatic heterocycles. The van der Waals surface area contributed by atoms with E-state index in [0.29, 0.717) is 0 Å². The minimum Gasteiger partial charge on any atom is -0.374 e. The SMILES string of the molecule is C/C=C\C1=C(CC)CC(C)CN1C.CC. The Balaban J connectivity index is 0.000000921. The van der Waals surface area contributed by atoms with Crippen molar-refractivity contribution in [1.82, 2.24) is 4.90 Å². The van der Waals surface area contributed by atoms with Crippen LogP contribution in [0.4, 0.5) is 0 Å². The lowest BCUT2D eigenvalue weighted by molar-refractivity contribution is 0.319. The van der Waals surface area contributed by atoms with Gasteiger partial charge in [0.25, 0.3) is 0 Å². The van der Waals surface area contributed by atoms with E-state index < -0.39 is 0 Å². The van der Waals surface area contributed by atoms with Gasteiger partial charge < -0.3 is 4.90 Å². The zero-order valence-electron chi connectivity index (χ0n) is 11.3. The summed E-state index contributed by atoms with van der Waals surface area (Å²) in [5, 5.41) is 0. The molecule has 15 heavy (non-hydrogen) atoms. The molecule has 0 amide bonds. The summed E-state index contributed by atoms with van der Waals surface area (Å²) in [6, 6.07) is 0. The topological polar surface area (TPSA) is 3.24 Å². The van der Waals surface area contributed by atoms with Gasteiger partial charge in [0.05, 0.1) is 0 Å². The van der Waals surface area contributed by atoms with Crippen LogP contribution in [0.15, 0.2) is 23.4 Å². The largest absolute Gasteiger partial charge is 0.374 e. The van der Waals surface area contributed by atoms with Crippen LogP contribution >= 0.6 is 0 Å². The van der Waals surface area contributed by atoms with Crippen molar-refractivity contribution in [3.63, 3.8) is 0 Å². The summed E-state index contributed by atoms with van der Waals surface area (Å²) in [6.45, 7) is 11.9. The molecule has 0 aromatic rings. The van der Waals surface area contributed by atoms with E-state index in [1.165, 1.54) is 25.1 Å². The van der Waals surface area contributed by atoms with E-state index >= 15 is 0 Å². The van der Waals surface area contributed by atoms with E-state index in [-0.39, 0.29) is 0 Å². The van der Waals surface area contributed by atoms with E-state index in [1.807, 2.05) is 13.8 Å². The lowest BCUT2D eigenvalue weighted by atomic mass is 9.92. The molecule has 0 saturated carbocycles. The van der Waals surface area contributed by atoms with Crippen LogP contribution in [0, 0.1) is 5.92 Å². The maximum absolute atomic E-state index is 2.38. The van der Waals surface area contributed by atoms with Gasteiger partial charge in [-0.3, -0.25) is 0 Å². The third-order valence-electron chi connectivity index (χ3n) is 2.71. The van der Waals surface area contributed by atoms with Crippen LogP contribution in [0.5, 0.6) is 0 Å². The van der Waals surface area contributed by atoms with Crippen molar-refractivity contribution >= 4 is 0 Å². The molecule has 1 rings (SSSR count). The maximum atomic E-state index is 2.38. The first-order chi connectivity index (χ1) is 7.19. The standard InChI is InChI=1S/C12H21N.C2H6/c1-5-7-12-11(6-2)8-10(3)9-13(12)4;1-2/h5,7,10H,6,8-9H2,1-4H3;1-2H3/b7-5-;. The van der Waals surface area contributed by atoms with E-state index in [2.05, 4.69) is 44.9 Å². The van der Waals surface area contributed by atoms with Crippen molar-refractivity contribution in [1.29, 1.82) is 0 Å². The highest BCUT2D eigenvalue weighted by molar-refractivity contribution is 5.26. The fourth-order valence-corrected chi connectivity index (χ4v) is 2.15. The fraction of sp³-hybridized carbons (Fsp3) is 0.714. The van der Waals surface area contributed by atoms with Crippen molar-refractivity contribution in [3.05, 3.63) is 23.4 Å². The van der Waals surface area contributed by atoms with E-state index in [1.54, 1.807) is 5.57 Å². The third kappa shape index (κ3) is 4.11.